The Morgan fingerprint density at radius 1 is 1.45 bits per heavy atom. The molecule has 0 aliphatic carbocycles. The Bertz CT molecular complexity index is 532. The molecule has 0 fully saturated rings. The summed E-state index contributed by atoms with van der Waals surface area (Å²) in [6, 6.07) is 4.75. The fraction of sp³-hybridized carbons (Fsp3) is 0.385. The third-order valence-electron chi connectivity index (χ3n) is 2.61. The molecule has 0 heterocycles. The number of nitro groups is 1. The largest absolute Gasteiger partial charge is 0.327 e. The van der Waals surface area contributed by atoms with Gasteiger partial charge in [0.2, 0.25) is 5.91 Å². The zero-order valence-corrected chi connectivity index (χ0v) is 12.3. The van der Waals surface area contributed by atoms with E-state index in [0.29, 0.717) is 6.42 Å². The maximum Gasteiger partial charge on any atom is 0.292 e. The summed E-state index contributed by atoms with van der Waals surface area (Å²) in [5.74, 6) is -0.195. The number of carbonyl (C=O) groups excluding carboxylic acids is 1. The first-order valence-corrected chi connectivity index (χ1v) is 6.70. The Hall–Kier alpha value is -2.02. The van der Waals surface area contributed by atoms with Crippen LogP contribution < -0.4 is 10.6 Å². The first-order chi connectivity index (χ1) is 9.43. The number of nitrogens with one attached hydrogen (secondary N) is 2. The molecule has 2 N–H and O–H groups in total. The van der Waals surface area contributed by atoms with Crippen LogP contribution in [0.15, 0.2) is 18.2 Å². The highest BCUT2D eigenvalue weighted by Crippen LogP contribution is 2.25. The van der Waals surface area contributed by atoms with E-state index in [1.807, 2.05) is 6.92 Å². The first-order valence-electron chi connectivity index (χ1n) is 6.30. The van der Waals surface area contributed by atoms with Gasteiger partial charge in [-0.15, -0.1) is 0 Å². The molecule has 1 rings (SSSR count). The molecule has 0 aromatic heterocycles. The van der Waals surface area contributed by atoms with Crippen molar-refractivity contribution in [2.75, 3.05) is 5.32 Å². The summed E-state index contributed by atoms with van der Waals surface area (Å²) in [5.41, 5.74) is 0.969. The molecule has 108 valence electrons. The molecule has 0 aliphatic heterocycles. The molecule has 0 spiro atoms. The van der Waals surface area contributed by atoms with Gasteiger partial charge in [0.15, 0.2) is 5.11 Å². The van der Waals surface area contributed by atoms with Crippen LogP contribution in [-0.4, -0.2) is 15.9 Å². The summed E-state index contributed by atoms with van der Waals surface area (Å²) < 4.78 is 0. The van der Waals surface area contributed by atoms with E-state index in [2.05, 4.69) is 10.6 Å². The van der Waals surface area contributed by atoms with Crippen molar-refractivity contribution < 1.29 is 9.72 Å². The molecule has 7 heteroatoms. The SMILES string of the molecule is CCCCC(=O)NC(=S)Nc1ccc(C)cc1[N+](=O)[O-]. The second-order valence-electron chi connectivity index (χ2n) is 4.38. The van der Waals surface area contributed by atoms with Gasteiger partial charge in [0.1, 0.15) is 5.69 Å². The molecule has 0 saturated carbocycles. The minimum Gasteiger partial charge on any atom is -0.327 e. The quantitative estimate of drug-likeness (QED) is 0.495. The molecule has 0 saturated heterocycles. The second-order valence-corrected chi connectivity index (χ2v) is 4.79. The first kappa shape index (κ1) is 16.0. The Labute approximate surface area is 122 Å². The van der Waals surface area contributed by atoms with E-state index in [9.17, 15) is 14.9 Å². The smallest absolute Gasteiger partial charge is 0.292 e. The molecular weight excluding hydrogens is 278 g/mol. The lowest BCUT2D eigenvalue weighted by Gasteiger charge is -2.10. The molecule has 0 unspecified atom stereocenters. The van der Waals surface area contributed by atoms with E-state index in [1.165, 1.54) is 6.07 Å². The van der Waals surface area contributed by atoms with Crippen LogP contribution in [0.3, 0.4) is 0 Å². The topological polar surface area (TPSA) is 84.3 Å². The summed E-state index contributed by atoms with van der Waals surface area (Å²) >= 11 is 4.98. The third kappa shape index (κ3) is 4.93. The van der Waals surface area contributed by atoms with Gasteiger partial charge >= 0.3 is 0 Å². The van der Waals surface area contributed by atoms with Gasteiger partial charge in [-0.05, 0) is 37.2 Å². The Kier molecular flexibility index (Phi) is 6.05. The number of nitrogens with zero attached hydrogens (tertiary/aromatic N) is 1. The van der Waals surface area contributed by atoms with E-state index in [-0.39, 0.29) is 22.4 Å². The molecule has 0 bridgehead atoms. The van der Waals surface area contributed by atoms with Crippen LogP contribution in [0.25, 0.3) is 0 Å². The van der Waals surface area contributed by atoms with Crippen LogP contribution in [0.5, 0.6) is 0 Å². The number of nitro benzene ring substituents is 1. The molecule has 1 aromatic carbocycles. The van der Waals surface area contributed by atoms with Crippen LogP contribution in [-0.2, 0) is 4.79 Å². The number of carbonyl (C=O) groups is 1. The lowest BCUT2D eigenvalue weighted by atomic mass is 10.2. The van der Waals surface area contributed by atoms with Gasteiger partial charge < -0.3 is 10.6 Å². The second kappa shape index (κ2) is 7.54. The zero-order chi connectivity index (χ0) is 15.1. The number of aryl methyl sites for hydroxylation is 1. The van der Waals surface area contributed by atoms with Gasteiger partial charge in [0.25, 0.3) is 5.69 Å². The fourth-order valence-corrected chi connectivity index (χ4v) is 1.80. The average molecular weight is 295 g/mol. The van der Waals surface area contributed by atoms with E-state index in [1.54, 1.807) is 19.1 Å². The summed E-state index contributed by atoms with van der Waals surface area (Å²) in [6.07, 6.45) is 2.07. The van der Waals surface area contributed by atoms with Crippen molar-refractivity contribution in [1.82, 2.24) is 5.32 Å². The molecule has 6 nitrogen and oxygen atoms in total. The Balaban J connectivity index is 2.71. The number of rotatable bonds is 5. The monoisotopic (exact) mass is 295 g/mol. The predicted molar refractivity (Wildman–Crippen MR) is 81.7 cm³/mol. The minimum absolute atomic E-state index is 0.0676. The number of anilines is 1. The maximum atomic E-state index is 11.5. The molecular formula is C13H17N3O3S. The van der Waals surface area contributed by atoms with E-state index < -0.39 is 4.92 Å². The molecule has 1 aromatic rings. The van der Waals surface area contributed by atoms with Crippen molar-refractivity contribution >= 4 is 34.6 Å². The molecule has 1 amide bonds. The van der Waals surface area contributed by atoms with E-state index >= 15 is 0 Å². The molecule has 0 radical (unpaired) electrons. The maximum absolute atomic E-state index is 11.5. The standard InChI is InChI=1S/C13H17N3O3S/c1-3-4-5-12(17)15-13(20)14-10-7-6-9(2)8-11(10)16(18)19/h6-8H,3-5H2,1-2H3,(H2,14,15,17,20). The fourth-order valence-electron chi connectivity index (χ4n) is 1.58. The van der Waals surface area contributed by atoms with Gasteiger partial charge in [0.05, 0.1) is 4.92 Å². The predicted octanol–water partition coefficient (Wildman–Crippen LogP) is 2.91. The van der Waals surface area contributed by atoms with Gasteiger partial charge in [-0.25, -0.2) is 0 Å². The summed E-state index contributed by atoms with van der Waals surface area (Å²) in [5, 5.41) is 16.2. The lowest BCUT2D eigenvalue weighted by Crippen LogP contribution is -2.34. The van der Waals surface area contributed by atoms with Crippen molar-refractivity contribution in [2.45, 2.75) is 33.1 Å². The van der Waals surface area contributed by atoms with Crippen molar-refractivity contribution in [3.63, 3.8) is 0 Å². The van der Waals surface area contributed by atoms with Crippen molar-refractivity contribution in [1.29, 1.82) is 0 Å². The van der Waals surface area contributed by atoms with Crippen LogP contribution in [0.2, 0.25) is 0 Å². The number of thiocarbonyl (C=S) groups is 1. The Morgan fingerprint density at radius 2 is 2.15 bits per heavy atom. The normalized spacial score (nSPS) is 9.90. The summed E-state index contributed by atoms with van der Waals surface area (Å²) in [4.78, 5) is 22.0. The highest BCUT2D eigenvalue weighted by Gasteiger charge is 2.15. The summed E-state index contributed by atoms with van der Waals surface area (Å²) in [6.45, 7) is 3.75. The highest BCUT2D eigenvalue weighted by atomic mass is 32.1. The minimum atomic E-state index is -0.489. The number of unbranched alkanes of at least 4 members (excludes halogenated alkanes) is 1. The zero-order valence-electron chi connectivity index (χ0n) is 11.4. The van der Waals surface area contributed by atoms with Gasteiger partial charge in [0, 0.05) is 12.5 Å². The Morgan fingerprint density at radius 3 is 2.75 bits per heavy atom. The number of hydrogen-bond donors (Lipinski definition) is 2. The highest BCUT2D eigenvalue weighted by molar-refractivity contribution is 7.80. The van der Waals surface area contributed by atoms with Crippen molar-refractivity contribution in [3.8, 4) is 0 Å². The summed E-state index contributed by atoms with van der Waals surface area (Å²) in [7, 11) is 0. The van der Waals surface area contributed by atoms with Crippen LogP contribution in [0.1, 0.15) is 31.7 Å². The van der Waals surface area contributed by atoms with Gasteiger partial charge in [-0.1, -0.05) is 19.4 Å². The number of benzene rings is 1. The van der Waals surface area contributed by atoms with Gasteiger partial charge in [-0.3, -0.25) is 14.9 Å². The molecule has 0 aliphatic rings. The van der Waals surface area contributed by atoms with Gasteiger partial charge in [-0.2, -0.15) is 0 Å². The average Bonchev–Trinajstić information content (AvgIpc) is 2.38. The van der Waals surface area contributed by atoms with Crippen LogP contribution in [0, 0.1) is 17.0 Å². The van der Waals surface area contributed by atoms with E-state index in [4.69, 9.17) is 12.2 Å². The van der Waals surface area contributed by atoms with Crippen molar-refractivity contribution in [3.05, 3.63) is 33.9 Å². The van der Waals surface area contributed by atoms with Crippen LogP contribution in [0.4, 0.5) is 11.4 Å². The third-order valence-corrected chi connectivity index (χ3v) is 2.81. The number of amides is 1. The van der Waals surface area contributed by atoms with Crippen LogP contribution >= 0.6 is 12.2 Å². The van der Waals surface area contributed by atoms with Crippen molar-refractivity contribution in [2.24, 2.45) is 0 Å². The lowest BCUT2D eigenvalue weighted by molar-refractivity contribution is -0.383. The molecule has 20 heavy (non-hydrogen) atoms. The van der Waals surface area contributed by atoms with E-state index in [0.717, 1.165) is 18.4 Å². The number of hydrogen-bond acceptors (Lipinski definition) is 4. The molecule has 0 atom stereocenters.